The van der Waals surface area contributed by atoms with Crippen LogP contribution in [0, 0.1) is 15.3 Å². The van der Waals surface area contributed by atoms with E-state index in [1.807, 2.05) is 48.5 Å². The molecule has 4 heterocycles. The first-order valence-corrected chi connectivity index (χ1v) is 15.3. The molecular weight excluding hydrogens is 658 g/mol. The SMILES string of the molecule is O=C(CC1CCNCC1)Nc1cc(I)cc(-c2cc3c(-c4cc5c(-c6cc(O)cc(F)c6)cccc5[nH]4)n[nH]c3cn2)c1. The van der Waals surface area contributed by atoms with Crippen molar-refractivity contribution in [1.82, 2.24) is 25.5 Å². The third-order valence-electron chi connectivity index (χ3n) is 7.97. The van der Waals surface area contributed by atoms with Gasteiger partial charge in [-0.05, 0) is 114 Å². The first-order valence-electron chi connectivity index (χ1n) is 14.2. The second-order valence-corrected chi connectivity index (χ2v) is 12.3. The van der Waals surface area contributed by atoms with Crippen molar-refractivity contribution in [2.45, 2.75) is 19.3 Å². The van der Waals surface area contributed by atoms with Crippen LogP contribution >= 0.6 is 22.6 Å². The van der Waals surface area contributed by atoms with Crippen molar-refractivity contribution in [3.05, 3.63) is 82.3 Å². The van der Waals surface area contributed by atoms with Crippen molar-refractivity contribution >= 4 is 56.0 Å². The predicted octanol–water partition coefficient (Wildman–Crippen LogP) is 7.22. The lowest BCUT2D eigenvalue weighted by Crippen LogP contribution is -2.30. The Morgan fingerprint density at radius 3 is 2.70 bits per heavy atom. The topological polar surface area (TPSA) is 119 Å². The molecule has 1 amide bonds. The van der Waals surface area contributed by atoms with Crippen LogP contribution in [0.15, 0.2) is 72.9 Å². The van der Waals surface area contributed by atoms with Gasteiger partial charge in [-0.1, -0.05) is 12.1 Å². The lowest BCUT2D eigenvalue weighted by atomic mass is 9.94. The van der Waals surface area contributed by atoms with Gasteiger partial charge in [0.25, 0.3) is 0 Å². The predicted molar refractivity (Wildman–Crippen MR) is 175 cm³/mol. The van der Waals surface area contributed by atoms with Gasteiger partial charge in [-0.25, -0.2) is 4.39 Å². The van der Waals surface area contributed by atoms with E-state index in [1.54, 1.807) is 12.3 Å². The molecule has 1 fully saturated rings. The summed E-state index contributed by atoms with van der Waals surface area (Å²) in [6.45, 7) is 1.93. The molecule has 3 aromatic carbocycles. The number of benzene rings is 3. The number of hydrogen-bond donors (Lipinski definition) is 5. The second-order valence-electron chi connectivity index (χ2n) is 11.0. The summed E-state index contributed by atoms with van der Waals surface area (Å²) in [5, 5.41) is 25.9. The number of nitrogens with zero attached hydrogens (tertiary/aromatic N) is 2. The fourth-order valence-corrected chi connectivity index (χ4v) is 6.58. The number of aromatic hydroxyl groups is 1. The van der Waals surface area contributed by atoms with Gasteiger partial charge in [0.1, 0.15) is 17.3 Å². The largest absolute Gasteiger partial charge is 0.508 e. The lowest BCUT2D eigenvalue weighted by Gasteiger charge is -2.22. The van der Waals surface area contributed by atoms with E-state index in [-0.39, 0.29) is 11.7 Å². The number of phenols is 1. The number of carbonyl (C=O) groups is 1. The van der Waals surface area contributed by atoms with Crippen LogP contribution in [0.4, 0.5) is 10.1 Å². The highest BCUT2D eigenvalue weighted by Crippen LogP contribution is 2.36. The molecule has 1 aliphatic heterocycles. The fourth-order valence-electron chi connectivity index (χ4n) is 5.91. The van der Waals surface area contributed by atoms with Gasteiger partial charge in [0.2, 0.25) is 5.91 Å². The van der Waals surface area contributed by atoms with E-state index in [0.717, 1.165) is 91.3 Å². The highest BCUT2D eigenvalue weighted by atomic mass is 127. The molecule has 10 heteroatoms. The number of carbonyl (C=O) groups excluding carboxylic acids is 1. The summed E-state index contributed by atoms with van der Waals surface area (Å²) in [5.41, 5.74) is 6.95. The zero-order valence-electron chi connectivity index (χ0n) is 23.0. The fraction of sp³-hybridized carbons (Fsp3) is 0.182. The van der Waals surface area contributed by atoms with Gasteiger partial charge in [-0.2, -0.15) is 5.10 Å². The minimum atomic E-state index is -0.499. The minimum Gasteiger partial charge on any atom is -0.508 e. The molecular formula is C33H28FIN6O2. The number of phenolic OH excluding ortho intramolecular Hbond substituents is 1. The van der Waals surface area contributed by atoms with E-state index in [9.17, 15) is 14.3 Å². The molecule has 6 aromatic rings. The van der Waals surface area contributed by atoms with Crippen LogP contribution in [0.25, 0.3) is 55.6 Å². The number of anilines is 1. The summed E-state index contributed by atoms with van der Waals surface area (Å²) >= 11 is 2.26. The Labute approximate surface area is 260 Å². The number of nitrogens with one attached hydrogen (secondary N) is 4. The number of halogens is 2. The molecule has 43 heavy (non-hydrogen) atoms. The van der Waals surface area contributed by atoms with Crippen molar-refractivity contribution in [2.24, 2.45) is 5.92 Å². The Kier molecular flexibility index (Phi) is 7.31. The number of aromatic nitrogens is 4. The van der Waals surface area contributed by atoms with Crippen molar-refractivity contribution in [3.8, 4) is 39.5 Å². The summed E-state index contributed by atoms with van der Waals surface area (Å²) in [7, 11) is 0. The van der Waals surface area contributed by atoms with Crippen LogP contribution in [-0.4, -0.2) is 44.3 Å². The monoisotopic (exact) mass is 686 g/mol. The van der Waals surface area contributed by atoms with Crippen molar-refractivity contribution < 1.29 is 14.3 Å². The van der Waals surface area contributed by atoms with Gasteiger partial charge in [0.05, 0.1) is 23.1 Å². The summed E-state index contributed by atoms with van der Waals surface area (Å²) in [6, 6.07) is 19.8. The van der Waals surface area contributed by atoms with Gasteiger partial charge < -0.3 is 20.7 Å². The molecule has 3 aromatic heterocycles. The molecule has 1 aliphatic rings. The van der Waals surface area contributed by atoms with Crippen molar-refractivity contribution in [1.29, 1.82) is 0 Å². The molecule has 7 rings (SSSR count). The zero-order valence-corrected chi connectivity index (χ0v) is 25.2. The average molecular weight is 687 g/mol. The molecule has 216 valence electrons. The molecule has 0 radical (unpaired) electrons. The first-order chi connectivity index (χ1) is 20.9. The summed E-state index contributed by atoms with van der Waals surface area (Å²) in [6.07, 6.45) is 4.33. The average Bonchev–Trinajstić information content (AvgIpc) is 3.60. The smallest absolute Gasteiger partial charge is 0.224 e. The maximum atomic E-state index is 14.1. The van der Waals surface area contributed by atoms with E-state index >= 15 is 0 Å². The third-order valence-corrected chi connectivity index (χ3v) is 8.59. The number of fused-ring (bicyclic) bond motifs is 2. The zero-order chi connectivity index (χ0) is 29.5. The summed E-state index contributed by atoms with van der Waals surface area (Å²) in [4.78, 5) is 20.9. The van der Waals surface area contributed by atoms with E-state index in [2.05, 4.69) is 53.4 Å². The van der Waals surface area contributed by atoms with E-state index in [1.165, 1.54) is 6.07 Å². The highest BCUT2D eigenvalue weighted by molar-refractivity contribution is 14.1. The Morgan fingerprint density at radius 2 is 1.86 bits per heavy atom. The maximum Gasteiger partial charge on any atom is 0.224 e. The van der Waals surface area contributed by atoms with Gasteiger partial charge >= 0.3 is 0 Å². The van der Waals surface area contributed by atoms with Crippen LogP contribution in [0.3, 0.4) is 0 Å². The van der Waals surface area contributed by atoms with Gasteiger partial charge in [-0.3, -0.25) is 14.9 Å². The van der Waals surface area contributed by atoms with Crippen LogP contribution < -0.4 is 10.6 Å². The minimum absolute atomic E-state index is 0.0343. The first kappa shape index (κ1) is 27.5. The Morgan fingerprint density at radius 1 is 1.00 bits per heavy atom. The molecule has 0 aliphatic carbocycles. The summed E-state index contributed by atoms with van der Waals surface area (Å²) in [5.74, 6) is -0.178. The van der Waals surface area contributed by atoms with Crippen LogP contribution in [0.1, 0.15) is 19.3 Å². The standard InChI is InChI=1S/C33H28FIN6O2/c34-21-9-19(12-24(42)13-21)25-2-1-3-28-26(25)15-30(39-28)33-27-16-29(37-17-31(27)40-41-33)20-10-22(35)14-23(11-20)38-32(43)8-18-4-6-36-7-5-18/h1-3,9-18,36,39,42H,4-8H2,(H,38,43)(H,40,41). The van der Waals surface area contributed by atoms with Crippen LogP contribution in [-0.2, 0) is 4.79 Å². The highest BCUT2D eigenvalue weighted by Gasteiger charge is 2.18. The number of rotatable bonds is 6. The number of pyridine rings is 1. The molecule has 0 unspecified atom stereocenters. The maximum absolute atomic E-state index is 14.1. The van der Waals surface area contributed by atoms with E-state index in [4.69, 9.17) is 0 Å². The molecule has 0 saturated carbocycles. The van der Waals surface area contributed by atoms with Crippen LogP contribution in [0.5, 0.6) is 5.75 Å². The normalized spacial score (nSPS) is 14.0. The molecule has 0 atom stereocenters. The number of hydrogen-bond acceptors (Lipinski definition) is 5. The van der Waals surface area contributed by atoms with Crippen LogP contribution in [0.2, 0.25) is 0 Å². The second kappa shape index (κ2) is 11.4. The number of amides is 1. The van der Waals surface area contributed by atoms with Crippen molar-refractivity contribution in [3.63, 3.8) is 0 Å². The van der Waals surface area contributed by atoms with E-state index in [0.29, 0.717) is 17.9 Å². The van der Waals surface area contributed by atoms with Gasteiger partial charge in [0, 0.05) is 43.6 Å². The van der Waals surface area contributed by atoms with Gasteiger partial charge in [-0.15, -0.1) is 0 Å². The number of aromatic amines is 2. The lowest BCUT2D eigenvalue weighted by molar-refractivity contribution is -0.117. The number of piperidine rings is 1. The Hall–Kier alpha value is -4.29. The van der Waals surface area contributed by atoms with E-state index < -0.39 is 5.82 Å². The van der Waals surface area contributed by atoms with Gasteiger partial charge in [0.15, 0.2) is 0 Å². The Bertz CT molecular complexity index is 1970. The van der Waals surface area contributed by atoms with Crippen molar-refractivity contribution in [2.75, 3.05) is 18.4 Å². The number of H-pyrrole nitrogens is 2. The molecule has 8 nitrogen and oxygen atoms in total. The quantitative estimate of drug-likeness (QED) is 0.119. The molecule has 0 bridgehead atoms. The molecule has 1 saturated heterocycles. The molecule has 0 spiro atoms. The third kappa shape index (κ3) is 5.72. The Balaban J connectivity index is 1.22. The molecule has 5 N–H and O–H groups in total. The summed E-state index contributed by atoms with van der Waals surface area (Å²) < 4.78 is 15.1.